The van der Waals surface area contributed by atoms with Gasteiger partial charge in [0.05, 0.1) is 5.56 Å². The standard InChI is InChI=1S/C12H9FN4OS/c13-7-2-1-3-8(18)9(7)11-16-17-10(6-4-5-6)14-15-12(17)19-11/h1-3,6,18H,4-5H2. The fourth-order valence-corrected chi connectivity index (χ4v) is 2.96. The monoisotopic (exact) mass is 276 g/mol. The van der Waals surface area contributed by atoms with Crippen LogP contribution in [-0.2, 0) is 0 Å². The molecule has 19 heavy (non-hydrogen) atoms. The Kier molecular flexibility index (Phi) is 2.14. The Morgan fingerprint density at radius 3 is 2.89 bits per heavy atom. The number of hydrogen-bond donors (Lipinski definition) is 1. The van der Waals surface area contributed by atoms with E-state index in [0.717, 1.165) is 18.7 Å². The summed E-state index contributed by atoms with van der Waals surface area (Å²) in [6.07, 6.45) is 2.19. The lowest BCUT2D eigenvalue weighted by Gasteiger charge is -2.00. The first-order valence-corrected chi connectivity index (χ1v) is 6.75. The van der Waals surface area contributed by atoms with Gasteiger partial charge in [0.25, 0.3) is 0 Å². The summed E-state index contributed by atoms with van der Waals surface area (Å²) in [7, 11) is 0. The number of aromatic nitrogens is 4. The first-order chi connectivity index (χ1) is 9.24. The van der Waals surface area contributed by atoms with Crippen LogP contribution >= 0.6 is 11.3 Å². The summed E-state index contributed by atoms with van der Waals surface area (Å²) in [6.45, 7) is 0. The highest BCUT2D eigenvalue weighted by Crippen LogP contribution is 2.40. The number of halogens is 1. The minimum Gasteiger partial charge on any atom is -0.507 e. The molecule has 1 fully saturated rings. The molecule has 0 atom stereocenters. The number of aromatic hydroxyl groups is 1. The lowest BCUT2D eigenvalue weighted by Crippen LogP contribution is -1.94. The Hall–Kier alpha value is -2.02. The van der Waals surface area contributed by atoms with Crippen molar-refractivity contribution in [2.24, 2.45) is 0 Å². The van der Waals surface area contributed by atoms with E-state index in [-0.39, 0.29) is 11.3 Å². The van der Waals surface area contributed by atoms with Gasteiger partial charge in [0.15, 0.2) is 10.8 Å². The third-order valence-corrected chi connectivity index (χ3v) is 4.08. The van der Waals surface area contributed by atoms with Gasteiger partial charge < -0.3 is 5.11 Å². The van der Waals surface area contributed by atoms with Crippen LogP contribution in [0.5, 0.6) is 5.75 Å². The molecule has 0 saturated heterocycles. The predicted octanol–water partition coefficient (Wildman–Crippen LogP) is 2.57. The second kappa shape index (κ2) is 3.74. The largest absolute Gasteiger partial charge is 0.507 e. The number of phenolic OH excluding ortho intramolecular Hbond substituents is 1. The number of hydrogen-bond acceptors (Lipinski definition) is 5. The van der Waals surface area contributed by atoms with Crippen molar-refractivity contribution < 1.29 is 9.50 Å². The minimum absolute atomic E-state index is 0.113. The SMILES string of the molecule is Oc1cccc(F)c1-c1nn2c(C3CC3)nnc2s1. The van der Waals surface area contributed by atoms with Crippen LogP contribution < -0.4 is 0 Å². The Labute approximate surface area is 111 Å². The zero-order valence-electron chi connectivity index (χ0n) is 9.75. The molecule has 1 aromatic carbocycles. The molecule has 0 aliphatic heterocycles. The van der Waals surface area contributed by atoms with Gasteiger partial charge in [0, 0.05) is 5.92 Å². The van der Waals surface area contributed by atoms with Crippen LogP contribution in [0.4, 0.5) is 4.39 Å². The fourth-order valence-electron chi connectivity index (χ4n) is 2.05. The molecule has 2 aromatic heterocycles. The molecule has 0 bridgehead atoms. The molecule has 2 heterocycles. The van der Waals surface area contributed by atoms with Gasteiger partial charge in [-0.2, -0.15) is 9.61 Å². The maximum absolute atomic E-state index is 13.8. The zero-order valence-corrected chi connectivity index (χ0v) is 10.6. The van der Waals surface area contributed by atoms with Crippen LogP contribution in [0, 0.1) is 5.82 Å². The van der Waals surface area contributed by atoms with Crippen LogP contribution in [0.1, 0.15) is 24.6 Å². The molecule has 0 unspecified atom stereocenters. The van der Waals surface area contributed by atoms with E-state index in [9.17, 15) is 9.50 Å². The highest BCUT2D eigenvalue weighted by molar-refractivity contribution is 7.19. The molecule has 0 radical (unpaired) electrons. The van der Waals surface area contributed by atoms with Crippen molar-refractivity contribution in [1.29, 1.82) is 0 Å². The summed E-state index contributed by atoms with van der Waals surface area (Å²) in [5.74, 6) is 0.642. The van der Waals surface area contributed by atoms with E-state index in [1.54, 1.807) is 4.52 Å². The summed E-state index contributed by atoms with van der Waals surface area (Å²) in [5.41, 5.74) is 0.125. The van der Waals surface area contributed by atoms with Crippen molar-refractivity contribution in [3.63, 3.8) is 0 Å². The molecule has 5 nitrogen and oxygen atoms in total. The molecule has 7 heteroatoms. The lowest BCUT2D eigenvalue weighted by molar-refractivity contribution is 0.472. The first kappa shape index (κ1) is 10.9. The molecule has 1 saturated carbocycles. The number of rotatable bonds is 2. The molecule has 0 amide bonds. The maximum Gasteiger partial charge on any atom is 0.234 e. The molecule has 1 aliphatic carbocycles. The average molecular weight is 276 g/mol. The lowest BCUT2D eigenvalue weighted by atomic mass is 10.2. The number of nitrogens with zero attached hydrogens (tertiary/aromatic N) is 4. The van der Waals surface area contributed by atoms with E-state index >= 15 is 0 Å². The van der Waals surface area contributed by atoms with Crippen molar-refractivity contribution in [1.82, 2.24) is 19.8 Å². The fraction of sp³-hybridized carbons (Fsp3) is 0.250. The van der Waals surface area contributed by atoms with Crippen molar-refractivity contribution in [2.45, 2.75) is 18.8 Å². The Balaban J connectivity index is 1.91. The van der Waals surface area contributed by atoms with Crippen LogP contribution in [0.3, 0.4) is 0 Å². The average Bonchev–Trinajstić information content (AvgIpc) is 3.00. The highest BCUT2D eigenvalue weighted by atomic mass is 32.1. The van der Waals surface area contributed by atoms with E-state index in [2.05, 4.69) is 15.3 Å². The summed E-state index contributed by atoms with van der Waals surface area (Å²) >= 11 is 1.22. The van der Waals surface area contributed by atoms with E-state index in [0.29, 0.717) is 15.9 Å². The van der Waals surface area contributed by atoms with Crippen molar-refractivity contribution in [3.05, 3.63) is 29.8 Å². The number of benzene rings is 1. The van der Waals surface area contributed by atoms with Gasteiger partial charge in [-0.05, 0) is 25.0 Å². The van der Waals surface area contributed by atoms with Gasteiger partial charge in [-0.3, -0.25) is 0 Å². The van der Waals surface area contributed by atoms with Gasteiger partial charge in [-0.1, -0.05) is 17.4 Å². The first-order valence-electron chi connectivity index (χ1n) is 5.94. The van der Waals surface area contributed by atoms with Crippen LogP contribution in [-0.4, -0.2) is 24.9 Å². The van der Waals surface area contributed by atoms with E-state index < -0.39 is 5.82 Å². The minimum atomic E-state index is -0.488. The summed E-state index contributed by atoms with van der Waals surface area (Å²) in [5, 5.41) is 22.7. The second-order valence-electron chi connectivity index (χ2n) is 4.57. The Morgan fingerprint density at radius 2 is 2.16 bits per heavy atom. The summed E-state index contributed by atoms with van der Waals surface area (Å²) in [6, 6.07) is 4.21. The van der Waals surface area contributed by atoms with Gasteiger partial charge in [-0.15, -0.1) is 10.2 Å². The molecular weight excluding hydrogens is 267 g/mol. The molecule has 1 aliphatic rings. The van der Waals surface area contributed by atoms with Gasteiger partial charge in [0.2, 0.25) is 4.96 Å². The van der Waals surface area contributed by atoms with E-state index in [1.807, 2.05) is 0 Å². The maximum atomic E-state index is 13.8. The van der Waals surface area contributed by atoms with Gasteiger partial charge in [-0.25, -0.2) is 4.39 Å². The Bertz CT molecular complexity index is 757. The predicted molar refractivity (Wildman–Crippen MR) is 67.7 cm³/mol. The number of fused-ring (bicyclic) bond motifs is 1. The second-order valence-corrected chi connectivity index (χ2v) is 5.52. The van der Waals surface area contributed by atoms with Gasteiger partial charge in [0.1, 0.15) is 11.6 Å². The molecular formula is C12H9FN4OS. The van der Waals surface area contributed by atoms with Crippen molar-refractivity contribution >= 4 is 16.3 Å². The molecule has 1 N–H and O–H groups in total. The normalized spacial score (nSPS) is 15.2. The molecule has 96 valence electrons. The van der Waals surface area contributed by atoms with Gasteiger partial charge >= 0.3 is 0 Å². The van der Waals surface area contributed by atoms with Crippen LogP contribution in [0.2, 0.25) is 0 Å². The van der Waals surface area contributed by atoms with Crippen LogP contribution in [0.25, 0.3) is 15.5 Å². The zero-order chi connectivity index (χ0) is 13.0. The summed E-state index contributed by atoms with van der Waals surface area (Å²) < 4.78 is 15.5. The number of phenols is 1. The van der Waals surface area contributed by atoms with Crippen molar-refractivity contribution in [2.75, 3.05) is 0 Å². The molecule has 0 spiro atoms. The van der Waals surface area contributed by atoms with E-state index in [1.165, 1.54) is 29.5 Å². The summed E-state index contributed by atoms with van der Waals surface area (Å²) in [4.78, 5) is 0.625. The molecule has 3 aromatic rings. The molecule has 4 rings (SSSR count). The van der Waals surface area contributed by atoms with E-state index in [4.69, 9.17) is 0 Å². The highest BCUT2D eigenvalue weighted by Gasteiger charge is 2.30. The van der Waals surface area contributed by atoms with Crippen LogP contribution in [0.15, 0.2) is 18.2 Å². The third-order valence-electron chi connectivity index (χ3n) is 3.16. The Morgan fingerprint density at radius 1 is 1.32 bits per heavy atom. The smallest absolute Gasteiger partial charge is 0.234 e. The quantitative estimate of drug-likeness (QED) is 0.781. The van der Waals surface area contributed by atoms with Crippen molar-refractivity contribution in [3.8, 4) is 16.3 Å². The topological polar surface area (TPSA) is 63.3 Å². The third kappa shape index (κ3) is 1.61.